The van der Waals surface area contributed by atoms with Crippen LogP contribution in [0, 0.1) is 11.3 Å². The third kappa shape index (κ3) is 2.18. The zero-order valence-electron chi connectivity index (χ0n) is 9.46. The van der Waals surface area contributed by atoms with Gasteiger partial charge in [-0.2, -0.15) is 5.26 Å². The molecule has 0 radical (unpaired) electrons. The Labute approximate surface area is 99.9 Å². The molecule has 0 aliphatic rings. The Kier molecular flexibility index (Phi) is 2.93. The van der Waals surface area contributed by atoms with Crippen LogP contribution in [0.2, 0.25) is 0 Å². The van der Waals surface area contributed by atoms with E-state index in [1.54, 1.807) is 24.4 Å². The summed E-state index contributed by atoms with van der Waals surface area (Å²) in [5.74, 6) is 0.706. The summed E-state index contributed by atoms with van der Waals surface area (Å²) in [5, 5.41) is 8.73. The molecule has 0 aliphatic carbocycles. The summed E-state index contributed by atoms with van der Waals surface area (Å²) < 4.78 is 0. The Morgan fingerprint density at radius 3 is 2.53 bits per heavy atom. The fraction of sp³-hybridized carbons (Fsp3) is 0.0769. The van der Waals surface area contributed by atoms with Crippen LogP contribution < -0.4 is 10.6 Å². The topological polar surface area (TPSA) is 65.9 Å². The van der Waals surface area contributed by atoms with Gasteiger partial charge in [0.1, 0.15) is 0 Å². The van der Waals surface area contributed by atoms with Gasteiger partial charge in [-0.1, -0.05) is 0 Å². The van der Waals surface area contributed by atoms with E-state index in [1.807, 2.05) is 30.1 Å². The van der Waals surface area contributed by atoms with Crippen LogP contribution in [-0.4, -0.2) is 12.0 Å². The zero-order chi connectivity index (χ0) is 12.3. The molecule has 0 fully saturated rings. The molecule has 2 N–H and O–H groups in total. The van der Waals surface area contributed by atoms with E-state index in [9.17, 15) is 0 Å². The molecule has 0 bridgehead atoms. The molecule has 2 aromatic rings. The third-order valence-electron chi connectivity index (χ3n) is 2.52. The first-order valence-corrected chi connectivity index (χ1v) is 5.17. The van der Waals surface area contributed by atoms with E-state index < -0.39 is 0 Å². The minimum absolute atomic E-state index is 0.624. The number of aromatic nitrogens is 1. The van der Waals surface area contributed by atoms with Gasteiger partial charge in [-0.05, 0) is 36.4 Å². The highest BCUT2D eigenvalue weighted by molar-refractivity contribution is 5.70. The highest BCUT2D eigenvalue weighted by Crippen LogP contribution is 2.26. The van der Waals surface area contributed by atoms with Crippen molar-refractivity contribution in [3.63, 3.8) is 0 Å². The van der Waals surface area contributed by atoms with Crippen molar-refractivity contribution in [2.45, 2.75) is 0 Å². The number of hydrogen-bond donors (Lipinski definition) is 1. The van der Waals surface area contributed by atoms with Crippen molar-refractivity contribution in [2.24, 2.45) is 0 Å². The Morgan fingerprint density at radius 1 is 1.24 bits per heavy atom. The van der Waals surface area contributed by atoms with Crippen molar-refractivity contribution >= 4 is 17.2 Å². The summed E-state index contributed by atoms with van der Waals surface area (Å²) in [6.45, 7) is 0. The summed E-state index contributed by atoms with van der Waals surface area (Å²) >= 11 is 0. The minimum atomic E-state index is 0.624. The summed E-state index contributed by atoms with van der Waals surface area (Å²) in [4.78, 5) is 6.12. The van der Waals surface area contributed by atoms with Gasteiger partial charge in [0, 0.05) is 18.9 Å². The van der Waals surface area contributed by atoms with Gasteiger partial charge in [-0.3, -0.25) is 0 Å². The first-order valence-electron chi connectivity index (χ1n) is 5.17. The number of nitrogens with two attached hydrogens (primary N) is 1. The predicted molar refractivity (Wildman–Crippen MR) is 67.9 cm³/mol. The van der Waals surface area contributed by atoms with E-state index in [-0.39, 0.29) is 0 Å². The maximum absolute atomic E-state index is 8.73. The molecule has 0 saturated carbocycles. The lowest BCUT2D eigenvalue weighted by molar-refractivity contribution is 1.13. The highest BCUT2D eigenvalue weighted by atomic mass is 15.2. The second kappa shape index (κ2) is 4.54. The van der Waals surface area contributed by atoms with Crippen LogP contribution in [0.25, 0.3) is 0 Å². The summed E-state index contributed by atoms with van der Waals surface area (Å²) in [7, 11) is 1.89. The van der Waals surface area contributed by atoms with E-state index >= 15 is 0 Å². The van der Waals surface area contributed by atoms with Gasteiger partial charge in [0.15, 0.2) is 5.82 Å². The van der Waals surface area contributed by atoms with Crippen molar-refractivity contribution in [1.29, 1.82) is 5.26 Å². The number of pyridine rings is 1. The smallest absolute Gasteiger partial charge is 0.155 e. The maximum atomic E-state index is 8.73. The summed E-state index contributed by atoms with van der Waals surface area (Å²) in [6.07, 6.45) is 1.70. The van der Waals surface area contributed by atoms with E-state index in [1.165, 1.54) is 0 Å². The molecule has 0 saturated heterocycles. The van der Waals surface area contributed by atoms with Crippen LogP contribution >= 0.6 is 0 Å². The fourth-order valence-corrected chi connectivity index (χ4v) is 1.57. The minimum Gasteiger partial charge on any atom is -0.396 e. The van der Waals surface area contributed by atoms with Gasteiger partial charge in [0.2, 0.25) is 0 Å². The number of nitrogen functional groups attached to an aromatic ring is 1. The molecule has 0 atom stereocenters. The van der Waals surface area contributed by atoms with Crippen LogP contribution in [0.5, 0.6) is 0 Å². The molecule has 4 heteroatoms. The van der Waals surface area contributed by atoms with Crippen LogP contribution in [0.15, 0.2) is 42.6 Å². The monoisotopic (exact) mass is 224 g/mol. The van der Waals surface area contributed by atoms with Crippen LogP contribution in [0.1, 0.15) is 5.56 Å². The number of rotatable bonds is 2. The standard InChI is InChI=1S/C13H12N4/c1-17(13-12(15)3-2-8-16-13)11-6-4-10(9-14)5-7-11/h2-8H,15H2,1H3. The van der Waals surface area contributed by atoms with E-state index in [2.05, 4.69) is 11.1 Å². The molecule has 4 nitrogen and oxygen atoms in total. The third-order valence-corrected chi connectivity index (χ3v) is 2.52. The lowest BCUT2D eigenvalue weighted by Crippen LogP contribution is -2.13. The maximum Gasteiger partial charge on any atom is 0.155 e. The van der Waals surface area contributed by atoms with Gasteiger partial charge < -0.3 is 10.6 Å². The molecular formula is C13H12N4. The molecule has 1 aromatic carbocycles. The SMILES string of the molecule is CN(c1ccc(C#N)cc1)c1ncccc1N. The summed E-state index contributed by atoms with van der Waals surface area (Å²) in [6, 6.07) is 13.0. The van der Waals surface area contributed by atoms with Crippen molar-refractivity contribution in [3.8, 4) is 6.07 Å². The summed E-state index contributed by atoms with van der Waals surface area (Å²) in [5.41, 5.74) is 8.06. The highest BCUT2D eigenvalue weighted by Gasteiger charge is 2.07. The first kappa shape index (κ1) is 11.0. The Hall–Kier alpha value is -2.54. The molecule has 0 amide bonds. The van der Waals surface area contributed by atoms with E-state index in [0.717, 1.165) is 5.69 Å². The van der Waals surface area contributed by atoms with Gasteiger partial charge in [0.25, 0.3) is 0 Å². The van der Waals surface area contributed by atoms with Crippen molar-refractivity contribution in [1.82, 2.24) is 4.98 Å². The number of nitrogens with zero attached hydrogens (tertiary/aromatic N) is 3. The molecule has 2 rings (SSSR count). The molecule has 0 aliphatic heterocycles. The average molecular weight is 224 g/mol. The second-order valence-corrected chi connectivity index (χ2v) is 3.63. The number of benzene rings is 1. The van der Waals surface area contributed by atoms with Crippen molar-refractivity contribution in [2.75, 3.05) is 17.7 Å². The number of anilines is 3. The van der Waals surface area contributed by atoms with E-state index in [4.69, 9.17) is 11.0 Å². The molecule has 0 spiro atoms. The van der Waals surface area contributed by atoms with Gasteiger partial charge >= 0.3 is 0 Å². The Balaban J connectivity index is 2.34. The van der Waals surface area contributed by atoms with Crippen LogP contribution in [0.3, 0.4) is 0 Å². The molecule has 1 aromatic heterocycles. The Morgan fingerprint density at radius 2 is 1.94 bits per heavy atom. The molecular weight excluding hydrogens is 212 g/mol. The van der Waals surface area contributed by atoms with Gasteiger partial charge in [-0.15, -0.1) is 0 Å². The van der Waals surface area contributed by atoms with Crippen LogP contribution in [-0.2, 0) is 0 Å². The molecule has 1 heterocycles. The zero-order valence-corrected chi connectivity index (χ0v) is 9.46. The second-order valence-electron chi connectivity index (χ2n) is 3.63. The average Bonchev–Trinajstić information content (AvgIpc) is 2.39. The number of hydrogen-bond acceptors (Lipinski definition) is 4. The normalized spacial score (nSPS) is 9.65. The fourth-order valence-electron chi connectivity index (χ4n) is 1.57. The quantitative estimate of drug-likeness (QED) is 0.850. The van der Waals surface area contributed by atoms with Crippen molar-refractivity contribution < 1.29 is 0 Å². The first-order chi connectivity index (χ1) is 8.22. The van der Waals surface area contributed by atoms with Crippen molar-refractivity contribution in [3.05, 3.63) is 48.2 Å². The lowest BCUT2D eigenvalue weighted by Gasteiger charge is -2.19. The predicted octanol–water partition coefficient (Wildman–Crippen LogP) is 2.30. The van der Waals surface area contributed by atoms with Gasteiger partial charge in [-0.25, -0.2) is 4.98 Å². The molecule has 84 valence electrons. The molecule has 0 unspecified atom stereocenters. The Bertz CT molecular complexity index is 554. The lowest BCUT2D eigenvalue weighted by atomic mass is 10.2. The van der Waals surface area contributed by atoms with Crippen LogP contribution in [0.4, 0.5) is 17.2 Å². The van der Waals surface area contributed by atoms with E-state index in [0.29, 0.717) is 17.1 Å². The van der Waals surface area contributed by atoms with Gasteiger partial charge in [0.05, 0.1) is 17.3 Å². The number of nitriles is 1. The largest absolute Gasteiger partial charge is 0.396 e. The molecule has 17 heavy (non-hydrogen) atoms.